The molecule has 1 unspecified atom stereocenters. The van der Waals surface area contributed by atoms with Crippen molar-refractivity contribution in [3.8, 4) is 11.4 Å². The van der Waals surface area contributed by atoms with E-state index in [9.17, 15) is 14.0 Å². The van der Waals surface area contributed by atoms with Crippen LogP contribution in [0.5, 0.6) is 0 Å². The molecule has 3 rings (SSSR count). The molecule has 9 heteroatoms. The molecule has 0 spiro atoms. The quantitative estimate of drug-likeness (QED) is 0.474. The summed E-state index contributed by atoms with van der Waals surface area (Å²) in [6.07, 6.45) is 0.325. The molecule has 0 saturated heterocycles. The number of carbonyl (C=O) groups is 2. The van der Waals surface area contributed by atoms with Gasteiger partial charge in [-0.25, -0.2) is 4.39 Å². The third-order valence-electron chi connectivity index (χ3n) is 4.63. The monoisotopic (exact) mass is 489 g/mol. The minimum absolute atomic E-state index is 0.00726. The number of methoxy groups -OCH3 is 1. The summed E-state index contributed by atoms with van der Waals surface area (Å²) < 4.78 is 24.2. The second-order valence-electron chi connectivity index (χ2n) is 6.93. The van der Waals surface area contributed by atoms with Crippen molar-refractivity contribution in [1.29, 1.82) is 0 Å². The molecule has 31 heavy (non-hydrogen) atoms. The van der Waals surface area contributed by atoms with Crippen LogP contribution < -0.4 is 5.32 Å². The van der Waals surface area contributed by atoms with Crippen LogP contribution in [0.25, 0.3) is 11.4 Å². The molecule has 0 bridgehead atoms. The van der Waals surface area contributed by atoms with Crippen LogP contribution in [0.4, 0.5) is 4.39 Å². The van der Waals surface area contributed by atoms with E-state index in [-0.39, 0.29) is 31.0 Å². The summed E-state index contributed by atoms with van der Waals surface area (Å²) in [5, 5.41) is 6.75. The van der Waals surface area contributed by atoms with E-state index in [0.29, 0.717) is 22.8 Å². The molecule has 1 amide bonds. The van der Waals surface area contributed by atoms with Gasteiger partial charge in [0.15, 0.2) is 0 Å². The Hall–Kier alpha value is -3.07. The first-order valence-electron chi connectivity index (χ1n) is 9.56. The molecular weight excluding hydrogens is 469 g/mol. The van der Waals surface area contributed by atoms with E-state index < -0.39 is 12.0 Å². The molecule has 3 aromatic rings. The minimum Gasteiger partial charge on any atom is -0.469 e. The Balaban J connectivity index is 1.63. The maximum atomic E-state index is 13.4. The molecule has 0 fully saturated rings. The van der Waals surface area contributed by atoms with Crippen LogP contribution in [0, 0.1) is 12.7 Å². The van der Waals surface area contributed by atoms with Gasteiger partial charge in [-0.2, -0.15) is 4.98 Å². The van der Waals surface area contributed by atoms with Crippen LogP contribution in [0.15, 0.2) is 51.5 Å². The van der Waals surface area contributed by atoms with E-state index >= 15 is 0 Å². The molecule has 0 saturated carbocycles. The van der Waals surface area contributed by atoms with Gasteiger partial charge in [-0.15, -0.1) is 0 Å². The highest BCUT2D eigenvalue weighted by Crippen LogP contribution is 2.22. The molecule has 1 aromatic heterocycles. The van der Waals surface area contributed by atoms with Gasteiger partial charge in [0.25, 0.3) is 0 Å². The normalized spacial score (nSPS) is 11.7. The third-order valence-corrected chi connectivity index (χ3v) is 5.13. The van der Waals surface area contributed by atoms with Gasteiger partial charge in [0.1, 0.15) is 5.82 Å². The van der Waals surface area contributed by atoms with Crippen molar-refractivity contribution in [2.24, 2.45) is 0 Å². The van der Waals surface area contributed by atoms with Crippen LogP contribution in [0.2, 0.25) is 0 Å². The molecule has 2 aromatic carbocycles. The maximum absolute atomic E-state index is 13.4. The van der Waals surface area contributed by atoms with Gasteiger partial charge in [0, 0.05) is 22.9 Å². The average molecular weight is 490 g/mol. The summed E-state index contributed by atoms with van der Waals surface area (Å²) in [6.45, 7) is 1.65. The highest BCUT2D eigenvalue weighted by atomic mass is 79.9. The number of amides is 1. The van der Waals surface area contributed by atoms with Crippen LogP contribution in [-0.4, -0.2) is 29.1 Å². The van der Waals surface area contributed by atoms with Crippen molar-refractivity contribution in [2.45, 2.75) is 32.2 Å². The van der Waals surface area contributed by atoms with Crippen molar-refractivity contribution in [3.63, 3.8) is 0 Å². The minimum atomic E-state index is -0.530. The second-order valence-corrected chi connectivity index (χ2v) is 7.85. The lowest BCUT2D eigenvalue weighted by Gasteiger charge is -2.18. The number of ether oxygens (including phenoxy) is 1. The summed E-state index contributed by atoms with van der Waals surface area (Å²) in [7, 11) is 1.30. The molecule has 0 radical (unpaired) electrons. The lowest BCUT2D eigenvalue weighted by molar-refractivity contribution is -0.141. The Labute approximate surface area is 187 Å². The Kier molecular flexibility index (Phi) is 7.51. The number of benzene rings is 2. The number of rotatable bonds is 8. The standard InChI is InChI=1S/C22H21BrFN3O4/c1-13-10-15(6-7-17(13)24)22-26-20(31-27-22)9-8-19(28)25-18(12-21(29)30-2)14-4-3-5-16(23)11-14/h3-7,10-11,18H,8-9,12H2,1-2H3,(H,25,28). The van der Waals surface area contributed by atoms with Gasteiger partial charge in [0.05, 0.1) is 19.6 Å². The molecule has 1 heterocycles. The Morgan fingerprint density at radius 1 is 1.26 bits per heavy atom. The van der Waals surface area contributed by atoms with Gasteiger partial charge in [-0.1, -0.05) is 33.2 Å². The summed E-state index contributed by atoms with van der Waals surface area (Å²) in [6, 6.07) is 11.4. The highest BCUT2D eigenvalue weighted by Gasteiger charge is 2.20. The summed E-state index contributed by atoms with van der Waals surface area (Å²) in [4.78, 5) is 28.6. The summed E-state index contributed by atoms with van der Waals surface area (Å²) >= 11 is 3.39. The molecule has 0 aliphatic rings. The fourth-order valence-electron chi connectivity index (χ4n) is 2.97. The van der Waals surface area contributed by atoms with Gasteiger partial charge < -0.3 is 14.6 Å². The van der Waals surface area contributed by atoms with Crippen molar-refractivity contribution < 1.29 is 23.2 Å². The topological polar surface area (TPSA) is 94.3 Å². The molecular formula is C22H21BrFN3O4. The van der Waals surface area contributed by atoms with E-state index in [2.05, 4.69) is 31.4 Å². The number of aryl methyl sites for hydroxylation is 2. The number of esters is 1. The predicted octanol–water partition coefficient (Wildman–Crippen LogP) is 4.30. The fraction of sp³-hybridized carbons (Fsp3) is 0.273. The number of aromatic nitrogens is 2. The van der Waals surface area contributed by atoms with Crippen molar-refractivity contribution in [1.82, 2.24) is 15.5 Å². The van der Waals surface area contributed by atoms with E-state index in [0.717, 1.165) is 10.0 Å². The number of hydrogen-bond donors (Lipinski definition) is 1. The molecule has 162 valence electrons. The summed E-state index contributed by atoms with van der Waals surface area (Å²) in [5.41, 5.74) is 1.89. The Bertz CT molecular complexity index is 1090. The Morgan fingerprint density at radius 2 is 2.06 bits per heavy atom. The van der Waals surface area contributed by atoms with E-state index in [1.54, 1.807) is 19.1 Å². The highest BCUT2D eigenvalue weighted by molar-refractivity contribution is 9.10. The molecule has 1 atom stereocenters. The lowest BCUT2D eigenvalue weighted by atomic mass is 10.0. The maximum Gasteiger partial charge on any atom is 0.307 e. The first-order chi connectivity index (χ1) is 14.9. The number of nitrogens with one attached hydrogen (secondary N) is 1. The third kappa shape index (κ3) is 6.21. The zero-order chi connectivity index (χ0) is 22.4. The van der Waals surface area contributed by atoms with Crippen LogP contribution in [0.1, 0.15) is 35.9 Å². The first kappa shape index (κ1) is 22.6. The zero-order valence-electron chi connectivity index (χ0n) is 17.0. The van der Waals surface area contributed by atoms with Crippen LogP contribution in [0.3, 0.4) is 0 Å². The molecule has 0 aliphatic heterocycles. The first-order valence-corrected chi connectivity index (χ1v) is 10.4. The van der Waals surface area contributed by atoms with Crippen molar-refractivity contribution in [2.75, 3.05) is 7.11 Å². The van der Waals surface area contributed by atoms with E-state index in [1.807, 2.05) is 24.3 Å². The number of halogens is 2. The lowest BCUT2D eigenvalue weighted by Crippen LogP contribution is -2.30. The van der Waals surface area contributed by atoms with Crippen molar-refractivity contribution >= 4 is 27.8 Å². The van der Waals surface area contributed by atoms with Gasteiger partial charge in [-0.3, -0.25) is 9.59 Å². The predicted molar refractivity (Wildman–Crippen MR) is 114 cm³/mol. The van der Waals surface area contributed by atoms with Crippen molar-refractivity contribution in [3.05, 3.63) is 69.8 Å². The SMILES string of the molecule is COC(=O)CC(NC(=O)CCc1nc(-c2ccc(F)c(C)c2)no1)c1cccc(Br)c1. The number of hydrogen-bond acceptors (Lipinski definition) is 6. The van der Waals surface area contributed by atoms with Crippen LogP contribution in [-0.2, 0) is 20.7 Å². The smallest absolute Gasteiger partial charge is 0.307 e. The van der Waals surface area contributed by atoms with Gasteiger partial charge >= 0.3 is 5.97 Å². The van der Waals surface area contributed by atoms with Gasteiger partial charge in [0.2, 0.25) is 17.6 Å². The second kappa shape index (κ2) is 10.3. The number of carbonyl (C=O) groups excluding carboxylic acids is 2. The fourth-order valence-corrected chi connectivity index (χ4v) is 3.39. The molecule has 1 N–H and O–H groups in total. The Morgan fingerprint density at radius 3 is 2.77 bits per heavy atom. The average Bonchev–Trinajstić information content (AvgIpc) is 3.22. The van der Waals surface area contributed by atoms with E-state index in [1.165, 1.54) is 13.2 Å². The molecule has 7 nitrogen and oxygen atoms in total. The summed E-state index contributed by atoms with van der Waals surface area (Å²) in [5.74, 6) is -0.390. The number of nitrogens with zero attached hydrogens (tertiary/aromatic N) is 2. The molecule has 0 aliphatic carbocycles. The van der Waals surface area contributed by atoms with Crippen LogP contribution >= 0.6 is 15.9 Å². The zero-order valence-corrected chi connectivity index (χ0v) is 18.6. The van der Waals surface area contributed by atoms with Gasteiger partial charge in [-0.05, 0) is 48.4 Å². The van der Waals surface area contributed by atoms with E-state index in [4.69, 9.17) is 9.26 Å². The largest absolute Gasteiger partial charge is 0.469 e.